The van der Waals surface area contributed by atoms with Gasteiger partial charge < -0.3 is 5.73 Å². The van der Waals surface area contributed by atoms with Crippen molar-refractivity contribution in [1.29, 1.82) is 0 Å². The number of thioether (sulfide) groups is 1. The molecule has 1 atom stereocenters. The summed E-state index contributed by atoms with van der Waals surface area (Å²) in [4.78, 5) is 30.7. The molecule has 2 N–H and O–H groups in total. The van der Waals surface area contributed by atoms with E-state index in [2.05, 4.69) is 6.92 Å². The molecule has 0 spiro atoms. The lowest BCUT2D eigenvalue weighted by Crippen LogP contribution is -2.23. The van der Waals surface area contributed by atoms with Crippen LogP contribution in [0.15, 0.2) is 9.95 Å². The number of carbonyl (C=O) groups excluding carboxylic acids is 1. The zero-order valence-corrected chi connectivity index (χ0v) is 15.1. The molecular weight excluding hydrogens is 330 g/mol. The summed E-state index contributed by atoms with van der Waals surface area (Å²) in [6, 6.07) is 0. The average Bonchev–Trinajstić information content (AvgIpc) is 2.84. The number of amides is 1. The van der Waals surface area contributed by atoms with Gasteiger partial charge in [0.25, 0.3) is 5.56 Å². The van der Waals surface area contributed by atoms with Crippen molar-refractivity contribution in [2.75, 3.05) is 5.75 Å². The van der Waals surface area contributed by atoms with E-state index in [-0.39, 0.29) is 11.5 Å². The minimum absolute atomic E-state index is 0.0612. The molecular formula is C16H21N3O2S2. The van der Waals surface area contributed by atoms with Gasteiger partial charge in [-0.25, -0.2) is 4.98 Å². The number of aromatic nitrogens is 2. The fourth-order valence-electron chi connectivity index (χ4n) is 3.04. The fraction of sp³-hybridized carbons (Fsp3) is 0.562. The Morgan fingerprint density at radius 1 is 1.52 bits per heavy atom. The third kappa shape index (κ3) is 3.17. The first-order chi connectivity index (χ1) is 11.0. The second-order valence-electron chi connectivity index (χ2n) is 6.04. The zero-order valence-electron chi connectivity index (χ0n) is 13.4. The zero-order chi connectivity index (χ0) is 16.6. The number of primary amides is 1. The maximum Gasteiger partial charge on any atom is 0.263 e. The maximum absolute atomic E-state index is 12.9. The molecule has 0 fully saturated rings. The molecule has 0 bridgehead atoms. The van der Waals surface area contributed by atoms with Crippen LogP contribution in [0.25, 0.3) is 10.2 Å². The molecule has 5 nitrogen and oxygen atoms in total. The van der Waals surface area contributed by atoms with E-state index in [4.69, 9.17) is 10.7 Å². The smallest absolute Gasteiger partial charge is 0.263 e. The van der Waals surface area contributed by atoms with E-state index in [0.29, 0.717) is 29.8 Å². The van der Waals surface area contributed by atoms with E-state index in [0.717, 1.165) is 29.5 Å². The molecule has 2 aromatic rings. The van der Waals surface area contributed by atoms with Crippen LogP contribution in [-0.2, 0) is 24.2 Å². The second-order valence-corrected chi connectivity index (χ2v) is 8.19. The third-order valence-corrected chi connectivity index (χ3v) is 6.40. The Morgan fingerprint density at radius 3 is 3.00 bits per heavy atom. The predicted octanol–water partition coefficient (Wildman–Crippen LogP) is 2.57. The molecule has 1 aliphatic carbocycles. The van der Waals surface area contributed by atoms with E-state index in [1.54, 1.807) is 15.9 Å². The summed E-state index contributed by atoms with van der Waals surface area (Å²) in [5.41, 5.74) is 6.47. The van der Waals surface area contributed by atoms with Gasteiger partial charge in [-0.3, -0.25) is 14.2 Å². The molecule has 0 radical (unpaired) electrons. The predicted molar refractivity (Wildman–Crippen MR) is 95.3 cm³/mol. The number of thiophene rings is 1. The Balaban J connectivity index is 2.05. The third-order valence-electron chi connectivity index (χ3n) is 4.28. The van der Waals surface area contributed by atoms with Gasteiger partial charge in [0, 0.05) is 23.6 Å². The van der Waals surface area contributed by atoms with Gasteiger partial charge >= 0.3 is 0 Å². The van der Waals surface area contributed by atoms with Gasteiger partial charge in [0.05, 0.1) is 5.39 Å². The van der Waals surface area contributed by atoms with Crippen LogP contribution in [0.1, 0.15) is 37.1 Å². The number of nitrogens with two attached hydrogens (primary N) is 1. The molecule has 7 heteroatoms. The quantitative estimate of drug-likeness (QED) is 0.663. The molecule has 1 unspecified atom stereocenters. The van der Waals surface area contributed by atoms with Crippen molar-refractivity contribution in [3.05, 3.63) is 20.8 Å². The highest BCUT2D eigenvalue weighted by atomic mass is 32.2. The Morgan fingerprint density at radius 2 is 2.30 bits per heavy atom. The molecule has 0 aromatic carbocycles. The van der Waals surface area contributed by atoms with Crippen molar-refractivity contribution in [3.8, 4) is 0 Å². The van der Waals surface area contributed by atoms with Crippen LogP contribution in [0, 0.1) is 5.92 Å². The van der Waals surface area contributed by atoms with Gasteiger partial charge in [-0.1, -0.05) is 18.7 Å². The van der Waals surface area contributed by atoms with Crippen LogP contribution in [0.4, 0.5) is 0 Å². The number of carbonyl (C=O) groups is 1. The van der Waals surface area contributed by atoms with Crippen LogP contribution < -0.4 is 11.3 Å². The number of nitrogens with zero attached hydrogens (tertiary/aromatic N) is 2. The number of hydrogen-bond donors (Lipinski definition) is 1. The summed E-state index contributed by atoms with van der Waals surface area (Å²) in [5.74, 6) is 0.896. The minimum Gasteiger partial charge on any atom is -0.370 e. The summed E-state index contributed by atoms with van der Waals surface area (Å²) in [6.45, 7) is 4.80. The Kier molecular flexibility index (Phi) is 4.77. The van der Waals surface area contributed by atoms with E-state index in [9.17, 15) is 9.59 Å². The van der Waals surface area contributed by atoms with Crippen molar-refractivity contribution in [3.63, 3.8) is 0 Å². The summed E-state index contributed by atoms with van der Waals surface area (Å²) < 4.78 is 1.72. The molecule has 1 amide bonds. The largest absolute Gasteiger partial charge is 0.370 e. The van der Waals surface area contributed by atoms with Gasteiger partial charge in [0.2, 0.25) is 5.91 Å². The highest BCUT2D eigenvalue weighted by molar-refractivity contribution is 7.99. The fourth-order valence-corrected chi connectivity index (χ4v) is 5.48. The van der Waals surface area contributed by atoms with Crippen molar-refractivity contribution < 1.29 is 4.79 Å². The van der Waals surface area contributed by atoms with Gasteiger partial charge in [-0.15, -0.1) is 11.3 Å². The highest BCUT2D eigenvalue weighted by Crippen LogP contribution is 2.36. The molecule has 23 heavy (non-hydrogen) atoms. The minimum atomic E-state index is -0.329. The standard InChI is InChI=1S/C16H21N3O2S2/c1-3-19-15(21)13-10-5-4-9(2)8-11(10)23-14(13)18-16(19)22-7-6-12(17)20/h9H,3-8H2,1-2H3,(H2,17,20). The van der Waals surface area contributed by atoms with Gasteiger partial charge in [-0.05, 0) is 37.7 Å². The average molecular weight is 351 g/mol. The van der Waals surface area contributed by atoms with Crippen LogP contribution in [0.2, 0.25) is 0 Å². The first-order valence-corrected chi connectivity index (χ1v) is 9.77. The lowest BCUT2D eigenvalue weighted by atomic mass is 9.89. The van der Waals surface area contributed by atoms with E-state index in [1.165, 1.54) is 22.2 Å². The van der Waals surface area contributed by atoms with Gasteiger partial charge in [0.1, 0.15) is 4.83 Å². The molecule has 2 aromatic heterocycles. The first kappa shape index (κ1) is 16.5. The number of hydrogen-bond acceptors (Lipinski definition) is 5. The molecule has 0 aliphatic heterocycles. The number of rotatable bonds is 5. The number of fused-ring (bicyclic) bond motifs is 3. The molecule has 1 aliphatic rings. The summed E-state index contributed by atoms with van der Waals surface area (Å²) in [7, 11) is 0. The molecule has 124 valence electrons. The molecule has 2 heterocycles. The van der Waals surface area contributed by atoms with Crippen LogP contribution >= 0.6 is 23.1 Å². The van der Waals surface area contributed by atoms with Crippen molar-refractivity contribution in [1.82, 2.24) is 9.55 Å². The lowest BCUT2D eigenvalue weighted by Gasteiger charge is -2.17. The number of aryl methyl sites for hydroxylation is 1. The van der Waals surface area contributed by atoms with Crippen molar-refractivity contribution in [2.24, 2.45) is 11.7 Å². The summed E-state index contributed by atoms with van der Waals surface area (Å²) in [5, 5.41) is 1.51. The van der Waals surface area contributed by atoms with E-state index in [1.807, 2.05) is 6.92 Å². The van der Waals surface area contributed by atoms with E-state index < -0.39 is 0 Å². The second kappa shape index (κ2) is 6.65. The highest BCUT2D eigenvalue weighted by Gasteiger charge is 2.24. The Hall–Kier alpha value is -1.34. The SMILES string of the molecule is CCn1c(SCCC(N)=O)nc2sc3c(c2c1=O)CCC(C)C3. The maximum atomic E-state index is 12.9. The van der Waals surface area contributed by atoms with Crippen LogP contribution in [0.3, 0.4) is 0 Å². The van der Waals surface area contributed by atoms with Gasteiger partial charge in [0.15, 0.2) is 5.16 Å². The summed E-state index contributed by atoms with van der Waals surface area (Å²) in [6.07, 6.45) is 3.46. The Bertz CT molecular complexity index is 810. The van der Waals surface area contributed by atoms with Crippen molar-refractivity contribution >= 4 is 39.2 Å². The first-order valence-electron chi connectivity index (χ1n) is 7.97. The van der Waals surface area contributed by atoms with Crippen molar-refractivity contribution in [2.45, 2.75) is 51.2 Å². The monoisotopic (exact) mass is 351 g/mol. The Labute approximate surface area is 143 Å². The summed E-state index contributed by atoms with van der Waals surface area (Å²) >= 11 is 3.09. The van der Waals surface area contributed by atoms with Crippen LogP contribution in [-0.4, -0.2) is 21.2 Å². The molecule has 0 saturated carbocycles. The topological polar surface area (TPSA) is 78.0 Å². The lowest BCUT2D eigenvalue weighted by molar-refractivity contribution is -0.117. The van der Waals surface area contributed by atoms with E-state index >= 15 is 0 Å². The molecule has 0 saturated heterocycles. The van der Waals surface area contributed by atoms with Gasteiger partial charge in [-0.2, -0.15) is 0 Å². The molecule has 3 rings (SSSR count). The normalized spacial score (nSPS) is 17.4. The van der Waals surface area contributed by atoms with Crippen LogP contribution in [0.5, 0.6) is 0 Å².